The maximum absolute atomic E-state index is 11.1. The smallest absolute Gasteiger partial charge is 0.222 e. The molecule has 6 nitrogen and oxygen atoms in total. The molecule has 0 saturated carbocycles. The highest BCUT2D eigenvalue weighted by atomic mass is 35.5. The zero-order valence-corrected chi connectivity index (χ0v) is 10.2. The molecule has 0 bridgehead atoms. The number of phenolic OH excluding ortho intramolecular Hbond substituents is 1. The molecule has 94 valence electrons. The lowest BCUT2D eigenvalue weighted by Crippen LogP contribution is -2.07. The van der Waals surface area contributed by atoms with E-state index in [-0.39, 0.29) is 23.2 Å². The van der Waals surface area contributed by atoms with Gasteiger partial charge in [0, 0.05) is 18.6 Å². The molecule has 18 heavy (non-hydrogen) atoms. The van der Waals surface area contributed by atoms with E-state index in [4.69, 9.17) is 21.9 Å². The lowest BCUT2D eigenvalue weighted by Gasteiger charge is -2.11. The van der Waals surface area contributed by atoms with Crippen LogP contribution < -0.4 is 11.1 Å². The second-order valence-electron chi connectivity index (χ2n) is 3.61. The minimum absolute atomic E-state index is 0.109. The number of phenols is 1. The van der Waals surface area contributed by atoms with Gasteiger partial charge in [0.15, 0.2) is 0 Å². The number of carbonyl (C=O) groups is 1. The van der Waals surface area contributed by atoms with Crippen molar-refractivity contribution >= 4 is 29.1 Å². The zero-order chi connectivity index (χ0) is 13.3. The number of rotatable bonds is 2. The van der Waals surface area contributed by atoms with Crippen molar-refractivity contribution in [1.29, 1.82) is 0 Å². The number of nitrogens with zero attached hydrogens (tertiary/aromatic N) is 1. The number of hydrogen-bond acceptors (Lipinski definition) is 5. The van der Waals surface area contributed by atoms with Crippen molar-refractivity contribution in [2.45, 2.75) is 6.92 Å². The molecule has 1 aromatic heterocycles. The van der Waals surface area contributed by atoms with Gasteiger partial charge < -0.3 is 20.7 Å². The van der Waals surface area contributed by atoms with Gasteiger partial charge in [-0.2, -0.15) is 0 Å². The highest BCUT2D eigenvalue weighted by Crippen LogP contribution is 2.40. The fraction of sp³-hybridized carbons (Fsp3) is 0.0909. The topological polar surface area (TPSA) is 101 Å². The number of carbonyl (C=O) groups excluding carboxylic acids is 1. The van der Waals surface area contributed by atoms with E-state index in [0.29, 0.717) is 16.3 Å². The van der Waals surface area contributed by atoms with Crippen molar-refractivity contribution in [2.75, 3.05) is 11.1 Å². The molecule has 0 spiro atoms. The lowest BCUT2D eigenvalue weighted by molar-refractivity contribution is -0.114. The van der Waals surface area contributed by atoms with Gasteiger partial charge in [-0.25, -0.2) is 0 Å². The molecule has 1 heterocycles. The number of aromatic nitrogens is 1. The van der Waals surface area contributed by atoms with Crippen LogP contribution >= 0.6 is 11.6 Å². The van der Waals surface area contributed by atoms with E-state index in [9.17, 15) is 9.90 Å². The van der Waals surface area contributed by atoms with Crippen LogP contribution in [0.1, 0.15) is 6.92 Å². The highest BCUT2D eigenvalue weighted by Gasteiger charge is 2.18. The van der Waals surface area contributed by atoms with Crippen molar-refractivity contribution in [3.63, 3.8) is 0 Å². The minimum atomic E-state index is -0.342. The number of nitrogens with two attached hydrogens (primary N) is 1. The molecule has 0 aliphatic rings. The number of hydrogen-bond donors (Lipinski definition) is 3. The molecule has 0 unspecified atom stereocenters. The standard InChI is InChI=1S/C11H10ClN3O3/c1-5(16)14-11-8(17)3-2-6(12)10(11)7-4-9(13)18-15-7/h2-4,17H,13H2,1H3,(H,14,16). The maximum Gasteiger partial charge on any atom is 0.222 e. The Kier molecular flexibility index (Phi) is 3.12. The molecule has 0 radical (unpaired) electrons. The van der Waals surface area contributed by atoms with Crippen LogP contribution in [0.5, 0.6) is 5.75 Å². The Morgan fingerprint density at radius 2 is 2.28 bits per heavy atom. The molecule has 0 aliphatic carbocycles. The number of anilines is 2. The summed E-state index contributed by atoms with van der Waals surface area (Å²) in [4.78, 5) is 11.1. The number of halogens is 1. The van der Waals surface area contributed by atoms with Crippen LogP contribution in [-0.2, 0) is 4.79 Å². The van der Waals surface area contributed by atoms with E-state index in [0.717, 1.165) is 0 Å². The molecule has 7 heteroatoms. The molecule has 1 amide bonds. The van der Waals surface area contributed by atoms with Crippen molar-refractivity contribution < 1.29 is 14.4 Å². The molecule has 1 aromatic carbocycles. The number of nitrogens with one attached hydrogen (secondary N) is 1. The number of amides is 1. The Morgan fingerprint density at radius 3 is 2.83 bits per heavy atom. The van der Waals surface area contributed by atoms with E-state index in [1.165, 1.54) is 25.1 Å². The van der Waals surface area contributed by atoms with Crippen LogP contribution in [0.4, 0.5) is 11.6 Å². The summed E-state index contributed by atoms with van der Waals surface area (Å²) in [6, 6.07) is 4.31. The summed E-state index contributed by atoms with van der Waals surface area (Å²) in [7, 11) is 0. The summed E-state index contributed by atoms with van der Waals surface area (Å²) < 4.78 is 4.75. The molecular formula is C11H10ClN3O3. The average Bonchev–Trinajstić information content (AvgIpc) is 2.70. The third-order valence-electron chi connectivity index (χ3n) is 2.22. The molecular weight excluding hydrogens is 258 g/mol. The predicted molar refractivity (Wildman–Crippen MR) is 67.3 cm³/mol. The minimum Gasteiger partial charge on any atom is -0.506 e. The highest BCUT2D eigenvalue weighted by molar-refractivity contribution is 6.34. The van der Waals surface area contributed by atoms with Gasteiger partial charge in [-0.15, -0.1) is 0 Å². The van der Waals surface area contributed by atoms with Gasteiger partial charge in [-0.3, -0.25) is 4.79 Å². The van der Waals surface area contributed by atoms with Gasteiger partial charge in [0.25, 0.3) is 0 Å². The fourth-order valence-electron chi connectivity index (χ4n) is 1.53. The van der Waals surface area contributed by atoms with Crippen molar-refractivity contribution in [3.05, 3.63) is 23.2 Å². The van der Waals surface area contributed by atoms with Crippen molar-refractivity contribution in [3.8, 4) is 17.0 Å². The van der Waals surface area contributed by atoms with Gasteiger partial charge in [0.05, 0.1) is 10.7 Å². The molecule has 4 N–H and O–H groups in total. The summed E-state index contributed by atoms with van der Waals surface area (Å²) in [5, 5.41) is 16.3. The molecule has 0 aliphatic heterocycles. The molecule has 2 aromatic rings. The molecule has 0 fully saturated rings. The Bertz CT molecular complexity index is 610. The van der Waals surface area contributed by atoms with Gasteiger partial charge in [-0.1, -0.05) is 16.8 Å². The Hall–Kier alpha value is -2.21. The molecule has 0 saturated heterocycles. The third kappa shape index (κ3) is 2.23. The second kappa shape index (κ2) is 4.58. The summed E-state index contributed by atoms with van der Waals surface area (Å²) in [6.45, 7) is 1.32. The fourth-order valence-corrected chi connectivity index (χ4v) is 1.78. The van der Waals surface area contributed by atoms with Crippen LogP contribution in [0.25, 0.3) is 11.3 Å². The van der Waals surface area contributed by atoms with Crippen molar-refractivity contribution in [2.24, 2.45) is 0 Å². The van der Waals surface area contributed by atoms with E-state index < -0.39 is 0 Å². The Balaban J connectivity index is 2.63. The summed E-state index contributed by atoms with van der Waals surface area (Å²) in [5.74, 6) is -0.352. The second-order valence-corrected chi connectivity index (χ2v) is 4.02. The predicted octanol–water partition coefficient (Wildman–Crippen LogP) is 2.24. The number of benzene rings is 1. The number of aromatic hydroxyl groups is 1. The quantitative estimate of drug-likeness (QED) is 0.724. The van der Waals surface area contributed by atoms with Crippen LogP contribution in [-0.4, -0.2) is 16.2 Å². The first-order valence-corrected chi connectivity index (χ1v) is 5.38. The normalized spacial score (nSPS) is 10.3. The van der Waals surface area contributed by atoms with Gasteiger partial charge in [0.2, 0.25) is 11.8 Å². The SMILES string of the molecule is CC(=O)Nc1c(O)ccc(Cl)c1-c1cc(N)on1. The largest absolute Gasteiger partial charge is 0.506 e. The summed E-state index contributed by atoms with van der Waals surface area (Å²) in [5.41, 5.74) is 6.29. The number of nitrogen functional groups attached to an aromatic ring is 1. The molecule has 2 rings (SSSR count). The maximum atomic E-state index is 11.1. The monoisotopic (exact) mass is 267 g/mol. The summed E-state index contributed by atoms with van der Waals surface area (Å²) in [6.07, 6.45) is 0. The lowest BCUT2D eigenvalue weighted by atomic mass is 10.1. The van der Waals surface area contributed by atoms with E-state index in [2.05, 4.69) is 10.5 Å². The van der Waals surface area contributed by atoms with Crippen LogP contribution in [0.3, 0.4) is 0 Å². The van der Waals surface area contributed by atoms with E-state index in [1.54, 1.807) is 0 Å². The first kappa shape index (κ1) is 12.3. The van der Waals surface area contributed by atoms with Gasteiger partial charge in [0.1, 0.15) is 11.4 Å². The first-order chi connectivity index (χ1) is 8.49. The van der Waals surface area contributed by atoms with Gasteiger partial charge >= 0.3 is 0 Å². The van der Waals surface area contributed by atoms with Crippen LogP contribution in [0.15, 0.2) is 22.7 Å². The van der Waals surface area contributed by atoms with Gasteiger partial charge in [-0.05, 0) is 12.1 Å². The Morgan fingerprint density at radius 1 is 1.56 bits per heavy atom. The average molecular weight is 268 g/mol. The third-order valence-corrected chi connectivity index (χ3v) is 2.53. The van der Waals surface area contributed by atoms with E-state index >= 15 is 0 Å². The zero-order valence-electron chi connectivity index (χ0n) is 9.40. The van der Waals surface area contributed by atoms with Crippen LogP contribution in [0, 0.1) is 0 Å². The van der Waals surface area contributed by atoms with Crippen LogP contribution in [0.2, 0.25) is 5.02 Å². The molecule has 0 atom stereocenters. The Labute approximate surface area is 107 Å². The van der Waals surface area contributed by atoms with E-state index in [1.807, 2.05) is 0 Å². The summed E-state index contributed by atoms with van der Waals surface area (Å²) >= 11 is 6.04. The van der Waals surface area contributed by atoms with Crippen molar-refractivity contribution in [1.82, 2.24) is 5.16 Å². The first-order valence-electron chi connectivity index (χ1n) is 5.00.